The number of piperidine rings is 1. The highest BCUT2D eigenvalue weighted by Gasteiger charge is 2.68. The van der Waals surface area contributed by atoms with E-state index in [1.54, 1.807) is 13.0 Å². The third-order valence-corrected chi connectivity index (χ3v) is 15.4. The van der Waals surface area contributed by atoms with Crippen LogP contribution in [-0.2, 0) is 28.6 Å². The fourth-order valence-corrected chi connectivity index (χ4v) is 12.8. The number of ether oxygens (including phenoxy) is 3. The number of amides is 1. The number of nitrogens with one attached hydrogen (secondary N) is 1. The molecule has 0 aromatic carbocycles. The van der Waals surface area contributed by atoms with E-state index in [4.69, 9.17) is 19.9 Å². The molecule has 260 valence electrons. The molecule has 0 aromatic heterocycles. The third kappa shape index (κ3) is 6.02. The Morgan fingerprint density at radius 2 is 2.02 bits per heavy atom. The first kappa shape index (κ1) is 33.9. The van der Waals surface area contributed by atoms with Gasteiger partial charge in [0.2, 0.25) is 5.91 Å². The van der Waals surface area contributed by atoms with E-state index in [2.05, 4.69) is 30.1 Å². The van der Waals surface area contributed by atoms with Crippen LogP contribution in [-0.4, -0.2) is 83.0 Å². The first-order chi connectivity index (χ1) is 22.6. The Morgan fingerprint density at radius 1 is 1.19 bits per heavy atom. The molecule has 1 amide bonds. The van der Waals surface area contributed by atoms with Gasteiger partial charge in [-0.3, -0.25) is 9.59 Å². The van der Waals surface area contributed by atoms with Gasteiger partial charge in [0.25, 0.3) is 0 Å². The van der Waals surface area contributed by atoms with Crippen LogP contribution in [0.5, 0.6) is 0 Å². The van der Waals surface area contributed by atoms with Gasteiger partial charge in [0.1, 0.15) is 17.3 Å². The number of nitrogens with zero attached hydrogens (tertiary/aromatic N) is 1. The fourth-order valence-electron chi connectivity index (χ4n) is 10.2. The number of hydrogen-bond donors (Lipinski definition) is 2. The molecule has 7 rings (SSSR count). The Hall–Kier alpha value is -1.53. The minimum Gasteiger partial charge on any atom is -0.462 e. The van der Waals surface area contributed by atoms with E-state index in [-0.39, 0.29) is 59.9 Å². The lowest BCUT2D eigenvalue weighted by molar-refractivity contribution is -0.229. The molecule has 1 spiro atoms. The molecule has 5 saturated heterocycles. The van der Waals surface area contributed by atoms with Crippen LogP contribution in [0.15, 0.2) is 23.3 Å². The molecule has 0 radical (unpaired) electrons. The van der Waals surface area contributed by atoms with E-state index in [1.807, 2.05) is 28.5 Å². The number of rotatable bonds is 3. The van der Waals surface area contributed by atoms with Crippen molar-refractivity contribution in [3.8, 4) is 0 Å². The summed E-state index contributed by atoms with van der Waals surface area (Å²) in [4.78, 5) is 42.0. The Kier molecular flexibility index (Phi) is 9.61. The van der Waals surface area contributed by atoms with Crippen LogP contribution in [0.1, 0.15) is 85.5 Å². The highest BCUT2D eigenvalue weighted by molar-refractivity contribution is 8.76. The molecule has 7 aliphatic rings. The average molecular weight is 688 g/mol. The zero-order chi connectivity index (χ0) is 33.1. The highest BCUT2D eigenvalue weighted by atomic mass is 33.1. The largest absolute Gasteiger partial charge is 0.462 e. The molecule has 2 aliphatic carbocycles. The van der Waals surface area contributed by atoms with E-state index in [9.17, 15) is 14.4 Å². The number of carbonyl (C=O) groups excluding carboxylic acids is 3. The molecule has 6 fully saturated rings. The lowest BCUT2D eigenvalue weighted by atomic mass is 9.56. The van der Waals surface area contributed by atoms with Gasteiger partial charge in [-0.2, -0.15) is 0 Å². The van der Waals surface area contributed by atoms with Crippen molar-refractivity contribution in [3.05, 3.63) is 23.3 Å². The van der Waals surface area contributed by atoms with Gasteiger partial charge in [0.15, 0.2) is 0 Å². The third-order valence-electron chi connectivity index (χ3n) is 13.1. The Morgan fingerprint density at radius 3 is 2.81 bits per heavy atom. The lowest BCUT2D eigenvalue weighted by Gasteiger charge is -2.57. The van der Waals surface area contributed by atoms with Crippen molar-refractivity contribution < 1.29 is 28.6 Å². The SMILES string of the molecule is CC=C(C)C(=O)O[C@]1(C)CC=C2CSSC[C@@H]3[C@H](CC)CN3C(=O)CC3CNC(N)CC3[C@H]2[C@]12CC1CC3CCC(=O)OC3CC1O2. The summed E-state index contributed by atoms with van der Waals surface area (Å²) in [7, 11) is 3.77. The molecule has 11 heteroatoms. The second kappa shape index (κ2) is 13.3. The van der Waals surface area contributed by atoms with E-state index in [0.29, 0.717) is 55.7 Å². The molecule has 9 nitrogen and oxygen atoms in total. The highest BCUT2D eigenvalue weighted by Crippen LogP contribution is 2.62. The second-order valence-corrected chi connectivity index (χ2v) is 18.1. The Bertz CT molecular complexity index is 1330. The number of allylic oxidation sites excluding steroid dienone is 1. The van der Waals surface area contributed by atoms with E-state index in [0.717, 1.165) is 50.2 Å². The minimum atomic E-state index is -0.920. The van der Waals surface area contributed by atoms with Crippen LogP contribution < -0.4 is 11.1 Å². The average Bonchev–Trinajstić information content (AvgIpc) is 3.40. The first-order valence-corrected chi connectivity index (χ1v) is 20.5. The second-order valence-electron chi connectivity index (χ2n) is 15.6. The Balaban J connectivity index is 1.30. The summed E-state index contributed by atoms with van der Waals surface area (Å²) >= 11 is 0. The molecule has 1 saturated carbocycles. The van der Waals surface area contributed by atoms with Crippen LogP contribution in [0.4, 0.5) is 0 Å². The zero-order valence-electron chi connectivity index (χ0n) is 28.4. The van der Waals surface area contributed by atoms with E-state index < -0.39 is 11.2 Å². The smallest absolute Gasteiger partial charge is 0.334 e. The molecule has 47 heavy (non-hydrogen) atoms. The standard InChI is InChI=1S/C36H53N3O6S2/c1-5-20(3)34(42)45-35(4)10-9-23-18-46-47-19-27-21(6-2)17-39(27)31(40)12-25-16-38-30(37)13-26(25)33(23)36(35)15-24-11-22-7-8-32(41)43-28(22)14-29(24)44-36/h5,9,21-22,24-30,33,38H,6-8,10-19,37H2,1-4H3/t21-,22?,24?,25?,26?,27-,28?,29?,30?,33+,35-,36-/m1/s1. The topological polar surface area (TPSA) is 120 Å². The van der Waals surface area contributed by atoms with Gasteiger partial charge >= 0.3 is 11.9 Å². The molecular formula is C36H53N3O6S2. The summed E-state index contributed by atoms with van der Waals surface area (Å²) in [6.07, 6.45) is 10.4. The number of hydrogen-bond acceptors (Lipinski definition) is 10. The summed E-state index contributed by atoms with van der Waals surface area (Å²) in [5.41, 5.74) is 6.91. The molecule has 0 aromatic rings. The quantitative estimate of drug-likeness (QED) is 0.182. The molecule has 3 N–H and O–H groups in total. The predicted molar refractivity (Wildman–Crippen MR) is 184 cm³/mol. The van der Waals surface area contributed by atoms with Gasteiger partial charge < -0.3 is 30.2 Å². The van der Waals surface area contributed by atoms with Crippen LogP contribution in [0.2, 0.25) is 0 Å². The maximum Gasteiger partial charge on any atom is 0.334 e. The number of fused-ring (bicyclic) bond motifs is 7. The summed E-state index contributed by atoms with van der Waals surface area (Å²) < 4.78 is 20.0. The van der Waals surface area contributed by atoms with E-state index >= 15 is 0 Å². The summed E-state index contributed by atoms with van der Waals surface area (Å²) in [5, 5.41) is 3.51. The van der Waals surface area contributed by atoms with Gasteiger partial charge in [0.05, 0.1) is 12.3 Å². The summed E-state index contributed by atoms with van der Waals surface area (Å²) in [6.45, 7) is 9.52. The number of carbonyl (C=O) groups is 3. The molecule has 5 aliphatic heterocycles. The predicted octanol–water partition coefficient (Wildman–Crippen LogP) is 4.99. The minimum absolute atomic E-state index is 0.0656. The number of esters is 2. The molecule has 12 atom stereocenters. The van der Waals surface area contributed by atoms with Crippen molar-refractivity contribution in [2.24, 2.45) is 41.2 Å². The fraction of sp³-hybridized carbons (Fsp3) is 0.806. The molecule has 0 bridgehead atoms. The first-order valence-electron chi connectivity index (χ1n) is 18.0. The van der Waals surface area contributed by atoms with Crippen molar-refractivity contribution >= 4 is 39.4 Å². The summed E-state index contributed by atoms with van der Waals surface area (Å²) in [5.74, 6) is 2.91. The molecule has 7 unspecified atom stereocenters. The van der Waals surface area contributed by atoms with Crippen LogP contribution in [0.25, 0.3) is 0 Å². The van der Waals surface area contributed by atoms with Crippen LogP contribution in [0, 0.1) is 35.5 Å². The van der Waals surface area contributed by atoms with Gasteiger partial charge in [-0.1, -0.05) is 46.2 Å². The zero-order valence-corrected chi connectivity index (χ0v) is 30.0. The molecule has 5 heterocycles. The van der Waals surface area contributed by atoms with Crippen molar-refractivity contribution in [1.29, 1.82) is 0 Å². The van der Waals surface area contributed by atoms with Crippen molar-refractivity contribution in [2.75, 3.05) is 24.6 Å². The maximum absolute atomic E-state index is 14.0. The lowest BCUT2D eigenvalue weighted by Crippen LogP contribution is -2.66. The normalized spacial score (nSPS) is 45.4. The van der Waals surface area contributed by atoms with Crippen LogP contribution in [0.3, 0.4) is 0 Å². The van der Waals surface area contributed by atoms with Gasteiger partial charge in [-0.05, 0) is 82.5 Å². The maximum atomic E-state index is 14.0. The van der Waals surface area contributed by atoms with Crippen molar-refractivity contribution in [1.82, 2.24) is 10.2 Å². The number of nitrogens with two attached hydrogens (primary N) is 1. The monoisotopic (exact) mass is 687 g/mol. The molecular weight excluding hydrogens is 635 g/mol. The van der Waals surface area contributed by atoms with Crippen molar-refractivity contribution in [2.45, 2.75) is 121 Å². The van der Waals surface area contributed by atoms with Crippen molar-refractivity contribution in [3.63, 3.8) is 0 Å². The Labute approximate surface area is 287 Å². The van der Waals surface area contributed by atoms with Gasteiger partial charge in [-0.15, -0.1) is 0 Å². The van der Waals surface area contributed by atoms with Gasteiger partial charge in [0, 0.05) is 67.8 Å². The summed E-state index contributed by atoms with van der Waals surface area (Å²) in [6, 6.07) is 0.306. The van der Waals surface area contributed by atoms with E-state index in [1.165, 1.54) is 5.57 Å². The van der Waals surface area contributed by atoms with Gasteiger partial charge in [-0.25, -0.2) is 4.79 Å². The van der Waals surface area contributed by atoms with Crippen LogP contribution >= 0.6 is 21.6 Å².